The van der Waals surface area contributed by atoms with Gasteiger partial charge in [-0.15, -0.1) is 0 Å². The average Bonchev–Trinajstić information content (AvgIpc) is 3.07. The number of aliphatic carboxylic acids is 1. The second kappa shape index (κ2) is 8.64. The summed E-state index contributed by atoms with van der Waals surface area (Å²) >= 11 is 0. The van der Waals surface area contributed by atoms with Crippen molar-refractivity contribution in [2.24, 2.45) is 0 Å². The number of hydrogen-bond donors (Lipinski definition) is 1. The zero-order valence-electron chi connectivity index (χ0n) is 17.7. The van der Waals surface area contributed by atoms with Crippen LogP contribution in [0.5, 0.6) is 0 Å². The molecule has 0 aromatic heterocycles. The molecule has 3 aromatic rings. The van der Waals surface area contributed by atoms with Gasteiger partial charge in [-0.25, -0.2) is 4.79 Å². The van der Waals surface area contributed by atoms with Crippen LogP contribution in [0, 0.1) is 13.8 Å². The minimum Gasteiger partial charge on any atom is -0.480 e. The largest absolute Gasteiger partial charge is 0.480 e. The molecule has 1 aliphatic rings. The highest BCUT2D eigenvalue weighted by Crippen LogP contribution is 2.44. The number of fused-ring (bicyclic) bond motifs is 3. The molecule has 3 aromatic carbocycles. The van der Waals surface area contributed by atoms with Crippen LogP contribution in [0.2, 0.25) is 0 Å². The number of rotatable bonds is 6. The van der Waals surface area contributed by atoms with E-state index in [-0.39, 0.29) is 19.1 Å². The number of nitrogens with zero attached hydrogens (tertiary/aromatic N) is 1. The number of benzene rings is 3. The molecule has 0 saturated carbocycles. The van der Waals surface area contributed by atoms with Crippen LogP contribution in [0.15, 0.2) is 66.7 Å². The third-order valence-corrected chi connectivity index (χ3v) is 5.91. The first-order valence-electron chi connectivity index (χ1n) is 10.3. The van der Waals surface area contributed by atoms with Gasteiger partial charge in [0.15, 0.2) is 0 Å². The molecule has 1 amide bonds. The van der Waals surface area contributed by atoms with E-state index in [1.807, 2.05) is 56.3 Å². The first-order valence-corrected chi connectivity index (χ1v) is 10.3. The maximum Gasteiger partial charge on any atom is 0.410 e. The van der Waals surface area contributed by atoms with E-state index in [1.165, 1.54) is 4.90 Å². The highest BCUT2D eigenvalue weighted by Gasteiger charge is 2.30. The normalized spacial score (nSPS) is 12.2. The van der Waals surface area contributed by atoms with Gasteiger partial charge in [0.2, 0.25) is 0 Å². The van der Waals surface area contributed by atoms with E-state index in [0.29, 0.717) is 0 Å². The van der Waals surface area contributed by atoms with Crippen LogP contribution < -0.4 is 0 Å². The third-order valence-electron chi connectivity index (χ3n) is 5.91. The Labute approximate surface area is 181 Å². The van der Waals surface area contributed by atoms with Gasteiger partial charge in [-0.2, -0.15) is 0 Å². The number of hydrogen-bond acceptors (Lipinski definition) is 3. The van der Waals surface area contributed by atoms with Gasteiger partial charge in [-0.1, -0.05) is 66.7 Å². The van der Waals surface area contributed by atoms with Gasteiger partial charge in [-0.05, 0) is 52.8 Å². The Morgan fingerprint density at radius 3 is 1.97 bits per heavy atom. The van der Waals surface area contributed by atoms with E-state index in [0.717, 1.165) is 38.9 Å². The molecule has 0 heterocycles. The molecule has 0 bridgehead atoms. The predicted molar refractivity (Wildman–Crippen MR) is 119 cm³/mol. The lowest BCUT2D eigenvalue weighted by molar-refractivity contribution is -0.138. The van der Waals surface area contributed by atoms with Crippen molar-refractivity contribution in [2.75, 3.05) is 13.2 Å². The van der Waals surface area contributed by atoms with Crippen molar-refractivity contribution in [3.05, 3.63) is 94.5 Å². The highest BCUT2D eigenvalue weighted by atomic mass is 16.6. The monoisotopic (exact) mass is 415 g/mol. The van der Waals surface area contributed by atoms with Crippen molar-refractivity contribution < 1.29 is 19.4 Å². The number of aryl methyl sites for hydroxylation is 2. The molecule has 0 fully saturated rings. The molecule has 1 aliphatic carbocycles. The lowest BCUT2D eigenvalue weighted by atomic mass is 9.98. The minimum absolute atomic E-state index is 0.0665. The molecule has 4 rings (SSSR count). The van der Waals surface area contributed by atoms with E-state index in [1.54, 1.807) is 0 Å². The van der Waals surface area contributed by atoms with Gasteiger partial charge in [-0.3, -0.25) is 9.69 Å². The molecule has 0 saturated heterocycles. The lowest BCUT2D eigenvalue weighted by Crippen LogP contribution is -2.36. The third kappa shape index (κ3) is 4.17. The fourth-order valence-electron chi connectivity index (χ4n) is 4.32. The fourth-order valence-corrected chi connectivity index (χ4v) is 4.32. The van der Waals surface area contributed by atoms with Crippen LogP contribution in [0.3, 0.4) is 0 Å². The van der Waals surface area contributed by atoms with Crippen molar-refractivity contribution in [1.82, 2.24) is 4.90 Å². The number of carbonyl (C=O) groups excluding carboxylic acids is 1. The molecular formula is C26H25NO4. The molecule has 0 spiro atoms. The summed E-state index contributed by atoms with van der Waals surface area (Å²) in [6.07, 6.45) is -0.619. The summed E-state index contributed by atoms with van der Waals surface area (Å²) < 4.78 is 5.68. The molecule has 1 N–H and O–H groups in total. The van der Waals surface area contributed by atoms with Crippen molar-refractivity contribution in [3.8, 4) is 11.1 Å². The highest BCUT2D eigenvalue weighted by molar-refractivity contribution is 5.79. The van der Waals surface area contributed by atoms with Gasteiger partial charge < -0.3 is 9.84 Å². The lowest BCUT2D eigenvalue weighted by Gasteiger charge is -2.23. The number of ether oxygens (including phenoxy) is 1. The van der Waals surface area contributed by atoms with Crippen LogP contribution in [0.1, 0.15) is 33.7 Å². The minimum atomic E-state index is -1.07. The number of amides is 1. The van der Waals surface area contributed by atoms with E-state index < -0.39 is 18.6 Å². The van der Waals surface area contributed by atoms with Gasteiger partial charge in [0.05, 0.1) is 6.54 Å². The molecule has 5 heteroatoms. The van der Waals surface area contributed by atoms with E-state index >= 15 is 0 Å². The first kappa shape index (κ1) is 20.7. The van der Waals surface area contributed by atoms with Crippen molar-refractivity contribution in [3.63, 3.8) is 0 Å². The molecule has 0 radical (unpaired) electrons. The number of carboxylic acid groups (broad SMARTS) is 1. The maximum absolute atomic E-state index is 12.9. The molecule has 0 aliphatic heterocycles. The fraction of sp³-hybridized carbons (Fsp3) is 0.231. The zero-order valence-corrected chi connectivity index (χ0v) is 17.7. The summed E-state index contributed by atoms with van der Waals surface area (Å²) in [5.41, 5.74) is 7.52. The van der Waals surface area contributed by atoms with Crippen LogP contribution in [-0.4, -0.2) is 35.2 Å². The quantitative estimate of drug-likeness (QED) is 0.605. The zero-order chi connectivity index (χ0) is 22.0. The summed E-state index contributed by atoms with van der Waals surface area (Å²) in [5.74, 6) is -1.14. The molecule has 158 valence electrons. The van der Waals surface area contributed by atoms with Gasteiger partial charge in [0.25, 0.3) is 0 Å². The summed E-state index contributed by atoms with van der Waals surface area (Å²) in [5, 5.41) is 9.34. The SMILES string of the molecule is Cc1cccc(C)c1CN(CC(=O)O)C(=O)OCC1c2ccccc2-c2ccccc21. The van der Waals surface area contributed by atoms with E-state index in [2.05, 4.69) is 24.3 Å². The Morgan fingerprint density at radius 1 is 0.871 bits per heavy atom. The second-order valence-electron chi connectivity index (χ2n) is 7.92. The number of carboxylic acids is 1. The first-order chi connectivity index (χ1) is 15.0. The Morgan fingerprint density at radius 2 is 1.42 bits per heavy atom. The Kier molecular flexibility index (Phi) is 5.76. The average molecular weight is 415 g/mol. The maximum atomic E-state index is 12.9. The van der Waals surface area contributed by atoms with Crippen molar-refractivity contribution in [2.45, 2.75) is 26.3 Å². The predicted octanol–water partition coefficient (Wildman–Crippen LogP) is 5.14. The van der Waals surface area contributed by atoms with E-state index in [4.69, 9.17) is 4.74 Å². The number of carbonyl (C=O) groups is 2. The summed E-state index contributed by atoms with van der Waals surface area (Å²) in [6, 6.07) is 22.1. The van der Waals surface area contributed by atoms with Crippen molar-refractivity contribution >= 4 is 12.1 Å². The second-order valence-corrected chi connectivity index (χ2v) is 7.92. The Bertz CT molecular complexity index is 1070. The van der Waals surface area contributed by atoms with Gasteiger partial charge >= 0.3 is 12.1 Å². The summed E-state index contributed by atoms with van der Waals surface area (Å²) in [4.78, 5) is 25.6. The molecule has 31 heavy (non-hydrogen) atoms. The van der Waals surface area contributed by atoms with Crippen LogP contribution in [0.4, 0.5) is 4.79 Å². The molecular weight excluding hydrogens is 390 g/mol. The van der Waals surface area contributed by atoms with Gasteiger partial charge in [0, 0.05) is 5.92 Å². The summed E-state index contributed by atoms with van der Waals surface area (Å²) in [6.45, 7) is 3.86. The standard InChI is InChI=1S/C26H25NO4/c1-17-8-7-9-18(2)23(17)14-27(15-25(28)29)26(30)31-16-24-21-12-5-3-10-19(21)20-11-4-6-13-22(20)24/h3-13,24H,14-16H2,1-2H3,(H,28,29). The molecule has 0 atom stereocenters. The molecule has 0 unspecified atom stereocenters. The summed E-state index contributed by atoms with van der Waals surface area (Å²) in [7, 11) is 0. The van der Waals surface area contributed by atoms with Crippen molar-refractivity contribution in [1.29, 1.82) is 0 Å². The van der Waals surface area contributed by atoms with Crippen LogP contribution in [-0.2, 0) is 16.1 Å². The van der Waals surface area contributed by atoms with Crippen LogP contribution >= 0.6 is 0 Å². The van der Waals surface area contributed by atoms with Gasteiger partial charge in [0.1, 0.15) is 13.2 Å². The molecule has 5 nitrogen and oxygen atoms in total. The van der Waals surface area contributed by atoms with E-state index in [9.17, 15) is 14.7 Å². The van der Waals surface area contributed by atoms with Crippen LogP contribution in [0.25, 0.3) is 11.1 Å². The smallest absolute Gasteiger partial charge is 0.410 e. The Hall–Kier alpha value is -3.60. The Balaban J connectivity index is 1.54. The topological polar surface area (TPSA) is 66.8 Å².